The molecule has 26 heteroatoms. The molecule has 494 valence electrons. The largest absolute Gasteiger partial charge is 0.386 e. The molecule has 0 saturated heterocycles. The van der Waals surface area contributed by atoms with E-state index in [4.69, 9.17) is 0 Å². The van der Waals surface area contributed by atoms with E-state index in [0.717, 1.165) is 12.1 Å². The van der Waals surface area contributed by atoms with Crippen molar-refractivity contribution in [1.82, 2.24) is 5.09 Å². The second kappa shape index (κ2) is 33.8. The van der Waals surface area contributed by atoms with Crippen LogP contribution in [-0.2, 0) is 9.59 Å². The van der Waals surface area contributed by atoms with E-state index in [-0.39, 0.29) is 203 Å². The van der Waals surface area contributed by atoms with E-state index < -0.39 is 34.2 Å². The summed E-state index contributed by atoms with van der Waals surface area (Å²) in [4.78, 5) is 248. The van der Waals surface area contributed by atoms with E-state index in [1.54, 1.807) is 0 Å². The number of nitrogens with one attached hydrogen (secondary N) is 1. The molecule has 0 aliphatic heterocycles. The number of rotatable bonds is 17. The van der Waals surface area contributed by atoms with Crippen molar-refractivity contribution >= 4 is 135 Å². The predicted molar refractivity (Wildman–Crippen MR) is 348 cm³/mol. The van der Waals surface area contributed by atoms with Crippen molar-refractivity contribution in [2.45, 2.75) is 118 Å². The van der Waals surface area contributed by atoms with Gasteiger partial charge in [0, 0.05) is 95.9 Å². The Morgan fingerprint density at radius 2 is 0.326 bits per heavy atom. The Hall–Kier alpha value is -11.3. The molecule has 0 fully saturated rings. The highest BCUT2D eigenvalue weighted by atomic mass is 31.0. The van der Waals surface area contributed by atoms with E-state index in [9.17, 15) is 105 Å². The Morgan fingerprint density at radius 1 is 0.221 bits per heavy atom. The highest BCUT2D eigenvalue weighted by Gasteiger charge is 2.24. The zero-order chi connectivity index (χ0) is 73.4. The first-order valence-corrected chi connectivity index (χ1v) is 28.4. The first-order chi connectivity index (χ1) is 43.8. The van der Waals surface area contributed by atoms with Crippen LogP contribution in [0.3, 0.4) is 0 Å². The minimum atomic E-state index is -0.824. The first kappa shape index (κ1) is 79.8. The summed E-state index contributed by atoms with van der Waals surface area (Å²) < 4.78 is 8.68. The predicted octanol–water partition coefficient (Wildman–Crippen LogP) is 8.97. The molecule has 7 rings (SSSR count). The van der Waals surface area contributed by atoms with Crippen LogP contribution in [0, 0.1) is 0 Å². The van der Waals surface area contributed by atoms with E-state index in [2.05, 4.69) is 13.9 Å². The maximum absolute atomic E-state index is 11.5. The van der Waals surface area contributed by atoms with Gasteiger partial charge in [0.2, 0.25) is 5.78 Å². The van der Waals surface area contributed by atoms with E-state index in [1.807, 2.05) is 9.39 Å². The lowest BCUT2D eigenvalue weighted by Crippen LogP contribution is -2.19. The molecular weight excluding hydrogens is 1260 g/mol. The van der Waals surface area contributed by atoms with Gasteiger partial charge in [-0.2, -0.15) is 0 Å². The van der Waals surface area contributed by atoms with Gasteiger partial charge in [-0.05, 0) is 181 Å². The Bertz CT molecular complexity index is 3810. The number of hydrogen-bond donors (Lipinski definition) is 1. The summed E-state index contributed by atoms with van der Waals surface area (Å²) in [6.07, 6.45) is 0. The van der Waals surface area contributed by atoms with Gasteiger partial charge >= 0.3 is 22.5 Å². The Kier molecular flexibility index (Phi) is 28.4. The molecule has 25 nitrogen and oxygen atoms in total. The van der Waals surface area contributed by atoms with Gasteiger partial charge in [0.15, 0.2) is 92.5 Å². The van der Waals surface area contributed by atoms with Crippen LogP contribution in [0.5, 0.6) is 0 Å². The third-order valence-electron chi connectivity index (χ3n) is 13.6. The van der Waals surface area contributed by atoms with Gasteiger partial charge in [0.05, 0.1) is 21.5 Å². The van der Waals surface area contributed by atoms with Crippen LogP contribution < -0.4 is 27.6 Å². The zero-order valence-electron chi connectivity index (χ0n) is 54.6. The van der Waals surface area contributed by atoms with Crippen LogP contribution in [0.4, 0.5) is 0 Å². The van der Waals surface area contributed by atoms with Gasteiger partial charge in [0.1, 0.15) is 0 Å². The van der Waals surface area contributed by atoms with Gasteiger partial charge in [-0.25, -0.2) is 19.2 Å². The maximum atomic E-state index is 11.5. The van der Waals surface area contributed by atoms with E-state index in [1.165, 1.54) is 166 Å². The quantitative estimate of drug-likeness (QED) is 0.0504. The molecule has 2 heterocycles. The smallest absolute Gasteiger partial charge is 0.346 e. The molecule has 1 amide bonds. The lowest BCUT2D eigenvalue weighted by molar-refractivity contribution is -0.135. The minimum absolute atomic E-state index is 0.0181. The van der Waals surface area contributed by atoms with Crippen LogP contribution in [0.1, 0.15) is 283 Å². The minimum Gasteiger partial charge on any atom is -0.386 e. The summed E-state index contributed by atoms with van der Waals surface area (Å²) >= 11 is 0. The molecule has 0 saturated carbocycles. The summed E-state index contributed by atoms with van der Waals surface area (Å²) in [6.45, 7) is 22.3. The molecule has 0 aliphatic carbocycles. The number of carbonyl (C=O) groups excluding carboxylic acids is 18. The molecule has 95 heavy (non-hydrogen) atoms. The Morgan fingerprint density at radius 3 is 0.389 bits per heavy atom. The summed E-state index contributed by atoms with van der Waals surface area (Å²) in [7, 11) is 1.94. The normalized spacial score (nSPS) is 10.1. The average molecular weight is 1320 g/mol. The number of carbonyl (C=O) groups is 18. The molecule has 1 unspecified atom stereocenters. The fourth-order valence-corrected chi connectivity index (χ4v) is 9.03. The molecule has 2 aromatic heterocycles. The first-order valence-electron chi connectivity index (χ1n) is 27.9. The summed E-state index contributed by atoms with van der Waals surface area (Å²) in [5, 5.41) is 2.02. The second-order valence-electron chi connectivity index (χ2n) is 21.0. The molecule has 0 aliphatic rings. The second-order valence-corrected chi connectivity index (χ2v) is 21.3. The molecule has 0 spiro atoms. The fraction of sp³-hybridized carbons (Fsp3) is 0.246. The van der Waals surface area contributed by atoms with Crippen LogP contribution >= 0.6 is 9.39 Å². The molecule has 5 aromatic carbocycles. The Balaban J connectivity index is 0.000000394. The van der Waals surface area contributed by atoms with Crippen molar-refractivity contribution in [3.63, 3.8) is 0 Å². The SMILES string of the molecule is CC(=O)C(=O)NP.CC(=O)c1cc(C(C)=O)c(C(C)=O)cc1C(C)=O.CC(=O)c1cc(C(C)=O)c(C(C)=O)cc1C(C)=O.CC(=O)c1cc(C(C)=O)c(C(C)=O)cc1C(C)=O.CC(=O)c1cc(C(C)=O)c(C(C)=O)cc1C(C)=O.O=c1oc(=O)c2cc3c(=O)oc(=O)c3cc12. The molecule has 1 atom stereocenters. The molecule has 7 aromatic rings. The van der Waals surface area contributed by atoms with Crippen LogP contribution in [0.2, 0.25) is 0 Å². The number of amides is 1. The number of benzene rings is 5. The number of hydrogen-bond acceptors (Lipinski definition) is 24. The van der Waals surface area contributed by atoms with Gasteiger partial charge < -0.3 is 13.9 Å². The van der Waals surface area contributed by atoms with Crippen molar-refractivity contribution in [2.24, 2.45) is 0 Å². The number of Topliss-reactive ketones (excluding diaryl/α,β-unsaturated/α-hetero) is 17. The lowest BCUT2D eigenvalue weighted by Gasteiger charge is -2.10. The molecule has 1 N–H and O–H groups in total. The number of ketones is 17. The van der Waals surface area contributed by atoms with Gasteiger partial charge in [-0.1, -0.05) is 0 Å². The average Bonchev–Trinajstić information content (AvgIpc) is 1.48. The summed E-state index contributed by atoms with van der Waals surface area (Å²) in [5.41, 5.74) is -0.442. The highest BCUT2D eigenvalue weighted by molar-refractivity contribution is 7.15. The zero-order valence-corrected chi connectivity index (χ0v) is 55.8. The van der Waals surface area contributed by atoms with Crippen LogP contribution in [0.25, 0.3) is 21.5 Å². The van der Waals surface area contributed by atoms with Crippen molar-refractivity contribution in [3.05, 3.63) is 191 Å². The van der Waals surface area contributed by atoms with Crippen molar-refractivity contribution in [2.75, 3.05) is 0 Å². The third-order valence-corrected chi connectivity index (χ3v) is 13.8. The van der Waals surface area contributed by atoms with Crippen molar-refractivity contribution in [1.29, 1.82) is 0 Å². The van der Waals surface area contributed by atoms with Crippen LogP contribution in [-0.4, -0.2) is 104 Å². The fourth-order valence-electron chi connectivity index (χ4n) is 8.82. The number of furan rings is 2. The van der Waals surface area contributed by atoms with Gasteiger partial charge in [-0.15, -0.1) is 0 Å². The molecule has 0 bridgehead atoms. The molecular formula is C69H64NO24P. The van der Waals surface area contributed by atoms with Crippen molar-refractivity contribution < 1.29 is 95.1 Å². The van der Waals surface area contributed by atoms with E-state index >= 15 is 0 Å². The van der Waals surface area contributed by atoms with Gasteiger partial charge in [0.25, 0.3) is 5.91 Å². The van der Waals surface area contributed by atoms with E-state index in [0.29, 0.717) is 0 Å². The maximum Gasteiger partial charge on any atom is 0.346 e. The summed E-state index contributed by atoms with van der Waals surface area (Å²) in [6, 6.07) is 12.9. The highest BCUT2D eigenvalue weighted by Crippen LogP contribution is 2.24. The monoisotopic (exact) mass is 1320 g/mol. The topological polar surface area (TPSA) is 414 Å². The lowest BCUT2D eigenvalue weighted by atomic mass is 9.91. The van der Waals surface area contributed by atoms with Crippen LogP contribution in [0.15, 0.2) is 88.7 Å². The summed E-state index contributed by atoms with van der Waals surface area (Å²) in [5.74, 6) is -5.98. The standard InChI is InChI=1S/4C14H14O4.C10H2O6.C3H6NO2P/c4*1-7(15)11-5-13(9(3)17)14(10(4)18)6-12(11)8(2)16;11-7-3-1-4-6(10(14)16-8(4)12)2-5(3)9(13)15-7;1-2(5)3(6)4-7/h4*5-6H,1-4H3;1-2H;7H2,1H3,(H,4,6). The van der Waals surface area contributed by atoms with Crippen molar-refractivity contribution in [3.8, 4) is 0 Å². The Labute approximate surface area is 542 Å². The number of fused-ring (bicyclic) bond motifs is 2. The van der Waals surface area contributed by atoms with Gasteiger partial charge in [-0.3, -0.25) is 86.3 Å². The molecule has 0 radical (unpaired) electrons. The third kappa shape index (κ3) is 20.3.